The molecule has 42 heavy (non-hydrogen) atoms. The van der Waals surface area contributed by atoms with Crippen LogP contribution in [-0.4, -0.2) is 14.5 Å². The lowest BCUT2D eigenvalue weighted by Gasteiger charge is -2.13. The van der Waals surface area contributed by atoms with Gasteiger partial charge >= 0.3 is 0 Å². The van der Waals surface area contributed by atoms with E-state index >= 15 is 0 Å². The summed E-state index contributed by atoms with van der Waals surface area (Å²) in [6, 6.07) is 45.6. The number of hydrogen-bond donors (Lipinski definition) is 0. The van der Waals surface area contributed by atoms with Gasteiger partial charge in [0.1, 0.15) is 0 Å². The average Bonchev–Trinajstić information content (AvgIpc) is 3.60. The Kier molecular flexibility index (Phi) is 4.33. The van der Waals surface area contributed by atoms with Gasteiger partial charge in [-0.1, -0.05) is 103 Å². The van der Waals surface area contributed by atoms with Gasteiger partial charge in [-0.3, -0.25) is 4.57 Å². The number of fused-ring (bicyclic) bond motifs is 7. The first-order chi connectivity index (χ1) is 20.8. The molecule has 3 heterocycles. The van der Waals surface area contributed by atoms with Gasteiger partial charge in [-0.15, -0.1) is 11.3 Å². The molecule has 0 bridgehead atoms. The maximum atomic E-state index is 5.41. The smallest absolute Gasteiger partial charge is 0.235 e. The number of aromatic nitrogens is 3. The van der Waals surface area contributed by atoms with E-state index in [-0.39, 0.29) is 0 Å². The van der Waals surface area contributed by atoms with Crippen molar-refractivity contribution in [3.05, 3.63) is 127 Å². The lowest BCUT2D eigenvalue weighted by atomic mass is 10.00. The van der Waals surface area contributed by atoms with Crippen molar-refractivity contribution < 1.29 is 0 Å². The van der Waals surface area contributed by atoms with E-state index in [2.05, 4.69) is 132 Å². The molecule has 0 amide bonds. The first-order valence-corrected chi connectivity index (χ1v) is 15.0. The van der Waals surface area contributed by atoms with Crippen LogP contribution in [0.1, 0.15) is 0 Å². The summed E-state index contributed by atoms with van der Waals surface area (Å²) >= 11 is 1.88. The minimum absolute atomic E-state index is 0.695. The second-order valence-electron chi connectivity index (χ2n) is 11.0. The summed E-state index contributed by atoms with van der Waals surface area (Å²) in [5.74, 6) is 0.695. The molecule has 0 radical (unpaired) electrons. The van der Waals surface area contributed by atoms with Gasteiger partial charge < -0.3 is 0 Å². The summed E-state index contributed by atoms with van der Waals surface area (Å²) in [6.45, 7) is 0. The van der Waals surface area contributed by atoms with Crippen molar-refractivity contribution in [3.8, 4) is 17.2 Å². The molecule has 3 nitrogen and oxygen atoms in total. The molecule has 194 valence electrons. The minimum atomic E-state index is 0.695. The molecular weight excluding hydrogens is 531 g/mol. The van der Waals surface area contributed by atoms with Crippen LogP contribution in [0.15, 0.2) is 127 Å². The Bertz CT molecular complexity index is 2680. The number of rotatable bonds is 2. The van der Waals surface area contributed by atoms with Crippen molar-refractivity contribution in [2.45, 2.75) is 0 Å². The van der Waals surface area contributed by atoms with E-state index in [1.807, 2.05) is 11.3 Å². The van der Waals surface area contributed by atoms with E-state index in [0.29, 0.717) is 5.95 Å². The first kappa shape index (κ1) is 22.4. The van der Waals surface area contributed by atoms with Gasteiger partial charge in [0.25, 0.3) is 0 Å². The summed E-state index contributed by atoms with van der Waals surface area (Å²) in [6.07, 6.45) is 0. The van der Waals surface area contributed by atoms with Gasteiger partial charge in [0, 0.05) is 47.3 Å². The zero-order chi connectivity index (χ0) is 27.4. The number of benzene rings is 7. The molecule has 0 aliphatic rings. The van der Waals surface area contributed by atoms with Crippen LogP contribution < -0.4 is 0 Å². The highest BCUT2D eigenvalue weighted by Crippen LogP contribution is 2.46. The molecule has 4 heteroatoms. The highest BCUT2D eigenvalue weighted by atomic mass is 32.1. The predicted octanol–water partition coefficient (Wildman–Crippen LogP) is 10.5. The Balaban J connectivity index is 1.41. The first-order valence-electron chi connectivity index (χ1n) is 14.2. The van der Waals surface area contributed by atoms with Crippen LogP contribution in [0.25, 0.3) is 91.6 Å². The summed E-state index contributed by atoms with van der Waals surface area (Å²) < 4.78 is 4.94. The Morgan fingerprint density at radius 3 is 2.21 bits per heavy atom. The molecule has 0 spiro atoms. The predicted molar refractivity (Wildman–Crippen MR) is 178 cm³/mol. The van der Waals surface area contributed by atoms with Crippen molar-refractivity contribution in [2.24, 2.45) is 0 Å². The van der Waals surface area contributed by atoms with Crippen LogP contribution in [0.2, 0.25) is 0 Å². The van der Waals surface area contributed by atoms with Gasteiger partial charge in [-0.05, 0) is 40.4 Å². The fourth-order valence-corrected chi connectivity index (χ4v) is 8.15. The third-order valence-electron chi connectivity index (χ3n) is 8.74. The largest absolute Gasteiger partial charge is 0.278 e. The monoisotopic (exact) mass is 551 g/mol. The van der Waals surface area contributed by atoms with E-state index in [1.54, 1.807) is 0 Å². The molecule has 0 saturated heterocycles. The molecule has 3 aromatic heterocycles. The summed E-state index contributed by atoms with van der Waals surface area (Å²) in [4.78, 5) is 10.7. The SMILES string of the molecule is c1ccc(-c2nc(-n3c4cccc5ccc6c7sc8ccccc8c7cc3c6c54)nc3ccc4ccccc4c23)cc1. The molecule has 10 aromatic rings. The van der Waals surface area contributed by atoms with Crippen molar-refractivity contribution >= 4 is 85.8 Å². The van der Waals surface area contributed by atoms with Crippen LogP contribution in [0.4, 0.5) is 0 Å². The maximum absolute atomic E-state index is 5.41. The van der Waals surface area contributed by atoms with Crippen LogP contribution >= 0.6 is 11.3 Å². The number of nitrogens with zero attached hydrogens (tertiary/aromatic N) is 3. The van der Waals surface area contributed by atoms with Crippen LogP contribution in [0.5, 0.6) is 0 Å². The fraction of sp³-hybridized carbons (Fsp3) is 0. The second kappa shape index (κ2) is 8.12. The third kappa shape index (κ3) is 2.89. The summed E-state index contributed by atoms with van der Waals surface area (Å²) in [7, 11) is 0. The van der Waals surface area contributed by atoms with Gasteiger partial charge in [0.2, 0.25) is 5.95 Å². The molecule has 0 N–H and O–H groups in total. The molecule has 7 aromatic carbocycles. The average molecular weight is 552 g/mol. The lowest BCUT2D eigenvalue weighted by molar-refractivity contribution is 1.02. The second-order valence-corrected chi connectivity index (χ2v) is 12.0. The number of hydrogen-bond acceptors (Lipinski definition) is 3. The molecule has 0 unspecified atom stereocenters. The maximum Gasteiger partial charge on any atom is 0.235 e. The normalized spacial score (nSPS) is 12.3. The fourth-order valence-electron chi connectivity index (χ4n) is 6.94. The zero-order valence-corrected chi connectivity index (χ0v) is 23.2. The molecule has 0 aliphatic heterocycles. The highest BCUT2D eigenvalue weighted by molar-refractivity contribution is 7.26. The van der Waals surface area contributed by atoms with Crippen molar-refractivity contribution in [3.63, 3.8) is 0 Å². The molecule has 0 atom stereocenters. The Morgan fingerprint density at radius 2 is 1.29 bits per heavy atom. The zero-order valence-electron chi connectivity index (χ0n) is 22.4. The van der Waals surface area contributed by atoms with E-state index in [1.165, 1.54) is 52.5 Å². The standard InChI is InChI=1S/C38H21N3S/c1-2-10-24(11-3-1)36-34-25-13-5-4-9-22(25)18-20-29(34)39-38(40-36)41-30-15-8-12-23-17-19-27-35(33(23)30)31(41)21-28-26-14-6-7-16-32(26)42-37(27)28/h1-21H. The van der Waals surface area contributed by atoms with Crippen LogP contribution in [-0.2, 0) is 0 Å². The molecular formula is C38H21N3S. The van der Waals surface area contributed by atoms with Crippen molar-refractivity contribution in [1.29, 1.82) is 0 Å². The van der Waals surface area contributed by atoms with E-state index < -0.39 is 0 Å². The Morgan fingerprint density at radius 1 is 0.500 bits per heavy atom. The third-order valence-corrected chi connectivity index (χ3v) is 9.96. The number of thiophene rings is 1. The summed E-state index contributed by atoms with van der Waals surface area (Å²) in [5.41, 5.74) is 5.26. The van der Waals surface area contributed by atoms with Crippen molar-refractivity contribution in [1.82, 2.24) is 14.5 Å². The van der Waals surface area contributed by atoms with Gasteiger partial charge in [-0.25, -0.2) is 9.97 Å². The van der Waals surface area contributed by atoms with E-state index in [0.717, 1.165) is 33.2 Å². The van der Waals surface area contributed by atoms with Gasteiger partial charge in [0.05, 0.1) is 22.2 Å². The Hall–Kier alpha value is -5.32. The van der Waals surface area contributed by atoms with Gasteiger partial charge in [0.15, 0.2) is 0 Å². The molecule has 0 fully saturated rings. The van der Waals surface area contributed by atoms with Crippen LogP contribution in [0.3, 0.4) is 0 Å². The highest BCUT2D eigenvalue weighted by Gasteiger charge is 2.23. The molecule has 10 rings (SSSR count). The molecule has 0 aliphatic carbocycles. The van der Waals surface area contributed by atoms with E-state index in [9.17, 15) is 0 Å². The minimum Gasteiger partial charge on any atom is -0.278 e. The summed E-state index contributed by atoms with van der Waals surface area (Å²) in [5, 5.41) is 11.1. The van der Waals surface area contributed by atoms with Gasteiger partial charge in [-0.2, -0.15) is 0 Å². The van der Waals surface area contributed by atoms with Crippen LogP contribution in [0, 0.1) is 0 Å². The molecule has 0 saturated carbocycles. The Labute approximate surface area is 244 Å². The van der Waals surface area contributed by atoms with E-state index in [4.69, 9.17) is 9.97 Å². The van der Waals surface area contributed by atoms with Crippen molar-refractivity contribution in [2.75, 3.05) is 0 Å². The topological polar surface area (TPSA) is 30.7 Å². The lowest BCUT2D eigenvalue weighted by Crippen LogP contribution is -2.03. The quantitative estimate of drug-likeness (QED) is 0.200.